The summed E-state index contributed by atoms with van der Waals surface area (Å²) in [6.07, 6.45) is 8.07. The van der Waals surface area contributed by atoms with Gasteiger partial charge in [-0.2, -0.15) is 5.10 Å². The largest absolute Gasteiger partial charge is 0.439 e. The van der Waals surface area contributed by atoms with Crippen molar-refractivity contribution in [2.45, 2.75) is 46.0 Å². The van der Waals surface area contributed by atoms with Gasteiger partial charge in [0, 0.05) is 28.9 Å². The van der Waals surface area contributed by atoms with E-state index < -0.39 is 0 Å². The third kappa shape index (κ3) is 5.31. The number of aromatic amines is 1. The van der Waals surface area contributed by atoms with Gasteiger partial charge in [-0.1, -0.05) is 39.7 Å². The summed E-state index contributed by atoms with van der Waals surface area (Å²) in [4.78, 5) is 16.9. The van der Waals surface area contributed by atoms with Gasteiger partial charge in [0.1, 0.15) is 5.75 Å². The second-order valence-electron chi connectivity index (χ2n) is 8.20. The minimum atomic E-state index is 0.192. The molecular formula is C25H26BrN3O2. The van der Waals surface area contributed by atoms with E-state index in [1.807, 2.05) is 44.2 Å². The Balaban J connectivity index is 1.39. The number of H-pyrrole nitrogens is 1. The lowest BCUT2D eigenvalue weighted by Crippen LogP contribution is -2.14. The van der Waals surface area contributed by atoms with Gasteiger partial charge >= 0.3 is 0 Å². The highest BCUT2D eigenvalue weighted by Crippen LogP contribution is 2.39. The number of aromatic nitrogens is 3. The van der Waals surface area contributed by atoms with Gasteiger partial charge in [-0.15, -0.1) is 0 Å². The average Bonchev–Trinajstić information content (AvgIpc) is 3.22. The number of ketones is 1. The summed E-state index contributed by atoms with van der Waals surface area (Å²) in [5.74, 6) is 1.97. The molecule has 2 heterocycles. The molecule has 2 aromatic heterocycles. The summed E-state index contributed by atoms with van der Waals surface area (Å²) < 4.78 is 7.05. The van der Waals surface area contributed by atoms with Gasteiger partial charge in [0.15, 0.2) is 5.78 Å². The van der Waals surface area contributed by atoms with Crippen LogP contribution in [0.3, 0.4) is 0 Å². The molecule has 0 radical (unpaired) electrons. The van der Waals surface area contributed by atoms with Crippen LogP contribution >= 0.6 is 15.9 Å². The number of nitrogens with zero attached hydrogens (tertiary/aromatic N) is 2. The van der Waals surface area contributed by atoms with Crippen LogP contribution in [0, 0.1) is 19.8 Å². The van der Waals surface area contributed by atoms with Crippen molar-refractivity contribution in [3.63, 3.8) is 0 Å². The summed E-state index contributed by atoms with van der Waals surface area (Å²) in [7, 11) is 0. The van der Waals surface area contributed by atoms with Crippen LogP contribution in [0.25, 0.3) is 4.48 Å². The minimum Gasteiger partial charge on any atom is -0.439 e. The molecule has 3 aromatic rings. The first-order valence-electron chi connectivity index (χ1n) is 10.6. The predicted octanol–water partition coefficient (Wildman–Crippen LogP) is 6.78. The van der Waals surface area contributed by atoms with Crippen LogP contribution in [0.5, 0.6) is 11.6 Å². The molecule has 1 aliphatic carbocycles. The standard InChI is InChI=1S/C25H26BrN3O2/c1-16-6-11-24(27-14-16)31-21-5-3-4-20(13-21)25(26)19-9-7-18(8-10-19)12-23(30)22-15-28-29-17(22)2/h3-6,11,13-15,18H,7-10,12H2,1-2H3,(H,28,29). The van der Waals surface area contributed by atoms with Gasteiger partial charge in [-0.05, 0) is 68.7 Å². The molecule has 0 aliphatic heterocycles. The lowest BCUT2D eigenvalue weighted by atomic mass is 9.81. The number of hydrogen-bond acceptors (Lipinski definition) is 4. The Labute approximate surface area is 191 Å². The SMILES string of the molecule is Cc1ccc(Oc2cccc(C(Br)=C3CCC(CC(=O)c4cn[nH]c4C)CC3)c2)nc1. The Morgan fingerprint density at radius 2 is 1.97 bits per heavy atom. The van der Waals surface area contributed by atoms with Crippen molar-refractivity contribution in [2.24, 2.45) is 5.92 Å². The van der Waals surface area contributed by atoms with E-state index in [4.69, 9.17) is 4.74 Å². The second-order valence-corrected chi connectivity index (χ2v) is 8.99. The minimum absolute atomic E-state index is 0.192. The molecule has 0 saturated heterocycles. The molecule has 0 bridgehead atoms. The number of allylic oxidation sites excluding steroid dienone is 1. The molecule has 1 aromatic carbocycles. The smallest absolute Gasteiger partial charge is 0.219 e. The van der Waals surface area contributed by atoms with Crippen LogP contribution in [0.4, 0.5) is 0 Å². The number of ether oxygens (including phenoxy) is 1. The molecule has 0 amide bonds. The van der Waals surface area contributed by atoms with Crippen molar-refractivity contribution in [1.82, 2.24) is 15.2 Å². The lowest BCUT2D eigenvalue weighted by molar-refractivity contribution is 0.0953. The molecular weight excluding hydrogens is 454 g/mol. The van der Waals surface area contributed by atoms with Crippen LogP contribution in [0.1, 0.15) is 59.3 Å². The van der Waals surface area contributed by atoms with Crippen LogP contribution < -0.4 is 4.74 Å². The summed E-state index contributed by atoms with van der Waals surface area (Å²) in [5.41, 5.74) is 5.18. The van der Waals surface area contributed by atoms with Gasteiger partial charge < -0.3 is 4.74 Å². The Kier molecular flexibility index (Phi) is 6.66. The van der Waals surface area contributed by atoms with Crippen LogP contribution in [0.15, 0.2) is 54.4 Å². The molecule has 1 fully saturated rings. The van der Waals surface area contributed by atoms with Crippen molar-refractivity contribution in [1.29, 1.82) is 0 Å². The highest BCUT2D eigenvalue weighted by atomic mass is 79.9. The molecule has 1 aliphatic rings. The van der Waals surface area contributed by atoms with Gasteiger partial charge in [0.2, 0.25) is 5.88 Å². The molecule has 0 unspecified atom stereocenters. The molecule has 0 spiro atoms. The van der Waals surface area contributed by atoms with Crippen molar-refractivity contribution in [3.8, 4) is 11.6 Å². The first-order chi connectivity index (χ1) is 15.0. The highest BCUT2D eigenvalue weighted by molar-refractivity contribution is 9.15. The van der Waals surface area contributed by atoms with E-state index in [-0.39, 0.29) is 5.78 Å². The molecule has 4 rings (SSSR count). The van der Waals surface area contributed by atoms with E-state index in [0.717, 1.165) is 58.3 Å². The van der Waals surface area contributed by atoms with E-state index in [0.29, 0.717) is 18.2 Å². The number of carbonyl (C=O) groups is 1. The zero-order valence-electron chi connectivity index (χ0n) is 17.8. The van der Waals surface area contributed by atoms with E-state index in [1.165, 1.54) is 5.57 Å². The summed E-state index contributed by atoms with van der Waals surface area (Å²) in [5, 5.41) is 6.82. The fourth-order valence-corrected chi connectivity index (χ4v) is 4.63. The molecule has 1 N–H and O–H groups in total. The van der Waals surface area contributed by atoms with E-state index in [1.54, 1.807) is 12.4 Å². The molecule has 5 nitrogen and oxygen atoms in total. The zero-order chi connectivity index (χ0) is 21.8. The van der Waals surface area contributed by atoms with E-state index >= 15 is 0 Å². The van der Waals surface area contributed by atoms with Gasteiger partial charge in [-0.3, -0.25) is 9.89 Å². The van der Waals surface area contributed by atoms with Crippen molar-refractivity contribution in [3.05, 3.63) is 76.7 Å². The second kappa shape index (κ2) is 9.60. The average molecular weight is 480 g/mol. The lowest BCUT2D eigenvalue weighted by Gasteiger charge is -2.24. The number of benzene rings is 1. The number of aryl methyl sites for hydroxylation is 2. The number of carbonyl (C=O) groups excluding carboxylic acids is 1. The number of pyridine rings is 1. The van der Waals surface area contributed by atoms with Crippen LogP contribution in [-0.4, -0.2) is 21.0 Å². The number of nitrogens with one attached hydrogen (secondary N) is 1. The number of rotatable bonds is 6. The monoisotopic (exact) mass is 479 g/mol. The van der Waals surface area contributed by atoms with Crippen LogP contribution in [-0.2, 0) is 0 Å². The maximum Gasteiger partial charge on any atom is 0.219 e. The molecule has 0 atom stereocenters. The molecule has 6 heteroatoms. The third-order valence-corrected chi connectivity index (χ3v) is 6.84. The summed E-state index contributed by atoms with van der Waals surface area (Å²) in [6.45, 7) is 3.90. The summed E-state index contributed by atoms with van der Waals surface area (Å²) in [6, 6.07) is 11.9. The number of halogens is 1. The maximum absolute atomic E-state index is 12.5. The quantitative estimate of drug-likeness (QED) is 0.395. The number of hydrogen-bond donors (Lipinski definition) is 1. The van der Waals surface area contributed by atoms with E-state index in [9.17, 15) is 4.79 Å². The van der Waals surface area contributed by atoms with Crippen molar-refractivity contribution >= 4 is 26.2 Å². The Morgan fingerprint density at radius 3 is 2.65 bits per heavy atom. The molecule has 31 heavy (non-hydrogen) atoms. The van der Waals surface area contributed by atoms with Crippen molar-refractivity contribution < 1.29 is 9.53 Å². The number of Topliss-reactive ketones (excluding diaryl/α,β-unsaturated/α-hetero) is 1. The molecule has 160 valence electrons. The van der Waals surface area contributed by atoms with Crippen LogP contribution in [0.2, 0.25) is 0 Å². The summed E-state index contributed by atoms with van der Waals surface area (Å²) >= 11 is 3.82. The molecule has 1 saturated carbocycles. The van der Waals surface area contributed by atoms with E-state index in [2.05, 4.69) is 37.2 Å². The fraction of sp³-hybridized carbons (Fsp3) is 0.320. The Hall–Kier alpha value is -2.73. The zero-order valence-corrected chi connectivity index (χ0v) is 19.4. The predicted molar refractivity (Wildman–Crippen MR) is 126 cm³/mol. The van der Waals surface area contributed by atoms with Crippen molar-refractivity contribution in [2.75, 3.05) is 0 Å². The fourth-order valence-electron chi connectivity index (χ4n) is 3.99. The topological polar surface area (TPSA) is 67.9 Å². The van der Waals surface area contributed by atoms with Gasteiger partial charge in [-0.25, -0.2) is 4.98 Å². The highest BCUT2D eigenvalue weighted by Gasteiger charge is 2.23. The Bertz CT molecular complexity index is 1090. The first-order valence-corrected chi connectivity index (χ1v) is 11.4. The Morgan fingerprint density at radius 1 is 1.16 bits per heavy atom. The van der Waals surface area contributed by atoms with Gasteiger partial charge in [0.25, 0.3) is 0 Å². The van der Waals surface area contributed by atoms with Gasteiger partial charge in [0.05, 0.1) is 11.8 Å². The third-order valence-electron chi connectivity index (χ3n) is 5.82. The maximum atomic E-state index is 12.5. The first kappa shape index (κ1) is 21.5. The normalized spacial score (nSPS) is 16.2.